The molecule has 0 aliphatic carbocycles. The van der Waals surface area contributed by atoms with Crippen molar-refractivity contribution in [1.29, 1.82) is 0 Å². The molecule has 45 heavy (non-hydrogen) atoms. The van der Waals surface area contributed by atoms with Crippen LogP contribution in [0.4, 0.5) is 14.5 Å². The van der Waals surface area contributed by atoms with Crippen molar-refractivity contribution in [2.75, 3.05) is 32.1 Å². The Bertz CT molecular complexity index is 1600. The zero-order valence-electron chi connectivity index (χ0n) is 24.2. The smallest absolute Gasteiger partial charge is 0.291 e. The fourth-order valence-electron chi connectivity index (χ4n) is 5.19. The molecule has 2 fully saturated rings. The minimum atomic E-state index is -1.15. The number of nitrogens with zero attached hydrogens (tertiary/aromatic N) is 3. The fraction of sp³-hybridized carbons (Fsp3) is 0.345. The van der Waals surface area contributed by atoms with Crippen LogP contribution in [0.1, 0.15) is 33.8 Å². The Kier molecular flexibility index (Phi) is 10.7. The number of methoxy groups -OCH3 is 1. The summed E-state index contributed by atoms with van der Waals surface area (Å²) in [6.45, 7) is 0.974. The summed E-state index contributed by atoms with van der Waals surface area (Å²) in [5.41, 5.74) is 0.561. The fourth-order valence-corrected chi connectivity index (χ4v) is 5.46. The molecule has 240 valence electrons. The first-order valence-electron chi connectivity index (χ1n) is 13.7. The quantitative estimate of drug-likeness (QED) is 0.240. The molecular weight excluding hydrogens is 618 g/mol. The summed E-state index contributed by atoms with van der Waals surface area (Å²) >= 11 is 6.37. The minimum absolute atomic E-state index is 0.0683. The van der Waals surface area contributed by atoms with E-state index in [0.717, 1.165) is 0 Å². The highest BCUT2D eigenvalue weighted by Crippen LogP contribution is 2.30. The lowest BCUT2D eigenvalue weighted by atomic mass is 10.1. The Morgan fingerprint density at radius 2 is 1.91 bits per heavy atom. The van der Waals surface area contributed by atoms with Crippen molar-refractivity contribution < 1.29 is 42.9 Å². The second-order valence-corrected chi connectivity index (χ2v) is 10.7. The molecule has 0 bridgehead atoms. The maximum Gasteiger partial charge on any atom is 0.291 e. The van der Waals surface area contributed by atoms with Gasteiger partial charge in [0, 0.05) is 44.0 Å². The number of aliphatic hydroxyl groups excluding tert-OH is 1. The number of hydrogen-bond donors (Lipinski definition) is 5. The summed E-state index contributed by atoms with van der Waals surface area (Å²) in [4.78, 5) is 52.6. The van der Waals surface area contributed by atoms with Crippen LogP contribution < -0.4 is 20.7 Å². The molecule has 5 N–H and O–H groups in total. The molecule has 5 rings (SSSR count). The van der Waals surface area contributed by atoms with Crippen LogP contribution >= 0.6 is 11.6 Å². The average molecular weight is 649 g/mol. The van der Waals surface area contributed by atoms with E-state index < -0.39 is 35.6 Å². The number of nitrogens with one attached hydrogen (secondary N) is 3. The van der Waals surface area contributed by atoms with Gasteiger partial charge in [-0.2, -0.15) is 4.39 Å². The van der Waals surface area contributed by atoms with E-state index in [4.69, 9.17) is 26.2 Å². The minimum Gasteiger partial charge on any atom is -0.494 e. The zero-order valence-corrected chi connectivity index (χ0v) is 25.0. The van der Waals surface area contributed by atoms with Gasteiger partial charge < -0.3 is 40.4 Å². The molecule has 0 radical (unpaired) electrons. The van der Waals surface area contributed by atoms with Gasteiger partial charge in [0.15, 0.2) is 17.4 Å². The first-order chi connectivity index (χ1) is 21.5. The maximum absolute atomic E-state index is 14.6. The number of aliphatic hydroxyl groups is 1. The average Bonchev–Trinajstić information content (AvgIpc) is 3.75. The van der Waals surface area contributed by atoms with E-state index in [-0.39, 0.29) is 57.5 Å². The van der Waals surface area contributed by atoms with Gasteiger partial charge in [-0.15, -0.1) is 0 Å². The number of imidazole rings is 1. The van der Waals surface area contributed by atoms with E-state index in [9.17, 15) is 28.3 Å². The van der Waals surface area contributed by atoms with Gasteiger partial charge in [0.2, 0.25) is 11.7 Å². The molecule has 0 saturated carbocycles. The number of halogens is 3. The molecule has 2 aliphatic heterocycles. The van der Waals surface area contributed by atoms with Crippen LogP contribution in [0.5, 0.6) is 5.75 Å². The number of likely N-dealkylation sites (tertiary alicyclic amines) is 1. The molecule has 1 unspecified atom stereocenters. The molecule has 2 aliphatic rings. The number of rotatable bonds is 7. The topological polar surface area (TPSA) is 175 Å². The molecule has 2 saturated heterocycles. The van der Waals surface area contributed by atoms with Gasteiger partial charge >= 0.3 is 0 Å². The molecule has 1 aromatic heterocycles. The number of ether oxygens (including phenoxy) is 1. The Labute approximate surface area is 261 Å². The van der Waals surface area contributed by atoms with Crippen LogP contribution in [0.15, 0.2) is 36.5 Å². The Balaban J connectivity index is 0.00000148. The lowest BCUT2D eigenvalue weighted by molar-refractivity contribution is -0.132. The van der Waals surface area contributed by atoms with E-state index in [2.05, 4.69) is 20.9 Å². The van der Waals surface area contributed by atoms with Crippen LogP contribution in [0, 0.1) is 11.6 Å². The summed E-state index contributed by atoms with van der Waals surface area (Å²) in [5.74, 6) is -3.75. The van der Waals surface area contributed by atoms with Crippen LogP contribution in [0.25, 0.3) is 11.3 Å². The van der Waals surface area contributed by atoms with Crippen molar-refractivity contribution in [2.24, 2.45) is 7.05 Å². The van der Waals surface area contributed by atoms with Crippen molar-refractivity contribution in [2.45, 2.75) is 31.0 Å². The molecule has 3 atom stereocenters. The standard InChI is InChI=1S/C28H29ClF2N6O5.CH2O2/c1-36-21(18-5-6-22(42-2)24(31)23(18)30)12-33-25(36)27(40)34-14-3-4-17(19(29)9-14)26(39)35-15-7-8-37(13-15)28(41)20-10-16(38)11-32-20;2-1-3/h3-6,9,12,15-16,20,32,38H,7-8,10-11,13H2,1-2H3,(H,34,40)(H,35,39);1H,(H,2,3)/t15?,16-,20+;/m1./s1. The van der Waals surface area contributed by atoms with E-state index in [1.807, 2.05) is 0 Å². The maximum atomic E-state index is 14.6. The van der Waals surface area contributed by atoms with Gasteiger partial charge in [-0.25, -0.2) is 9.37 Å². The van der Waals surface area contributed by atoms with Gasteiger partial charge in [-0.1, -0.05) is 11.6 Å². The molecule has 13 nitrogen and oxygen atoms in total. The van der Waals surface area contributed by atoms with Gasteiger partial charge in [-0.05, 0) is 43.2 Å². The van der Waals surface area contributed by atoms with E-state index in [0.29, 0.717) is 32.5 Å². The van der Waals surface area contributed by atoms with E-state index in [1.165, 1.54) is 55.3 Å². The summed E-state index contributed by atoms with van der Waals surface area (Å²) in [6, 6.07) is 6.32. The normalized spacial score (nSPS) is 19.0. The number of anilines is 1. The summed E-state index contributed by atoms with van der Waals surface area (Å²) < 4.78 is 34.9. The number of carbonyl (C=O) groups is 4. The predicted octanol–water partition coefficient (Wildman–Crippen LogP) is 2.03. The second kappa shape index (κ2) is 14.5. The summed E-state index contributed by atoms with van der Waals surface area (Å²) in [5, 5.41) is 25.2. The number of hydrogen-bond acceptors (Lipinski definition) is 8. The first kappa shape index (κ1) is 33.3. The summed E-state index contributed by atoms with van der Waals surface area (Å²) in [6.07, 6.45) is 1.67. The molecule has 2 aromatic carbocycles. The zero-order chi connectivity index (χ0) is 32.8. The van der Waals surface area contributed by atoms with Crippen LogP contribution in [0.3, 0.4) is 0 Å². The molecule has 0 spiro atoms. The molecule has 16 heteroatoms. The molecule has 3 amide bonds. The van der Waals surface area contributed by atoms with Crippen LogP contribution in [-0.4, -0.2) is 93.8 Å². The van der Waals surface area contributed by atoms with Gasteiger partial charge in [-0.3, -0.25) is 19.2 Å². The first-order valence-corrected chi connectivity index (χ1v) is 14.1. The Hall–Kier alpha value is -4.60. The number of carbonyl (C=O) groups excluding carboxylic acids is 3. The lowest BCUT2D eigenvalue weighted by Crippen LogP contribution is -2.44. The largest absolute Gasteiger partial charge is 0.494 e. The third kappa shape index (κ3) is 7.38. The lowest BCUT2D eigenvalue weighted by Gasteiger charge is -2.21. The van der Waals surface area contributed by atoms with E-state index in [1.54, 1.807) is 4.90 Å². The monoisotopic (exact) mass is 648 g/mol. The highest BCUT2D eigenvalue weighted by molar-refractivity contribution is 6.34. The number of benzene rings is 2. The molecule has 3 aromatic rings. The SMILES string of the molecule is COc1ccc(-c2cnc(C(=O)Nc3ccc(C(=O)NC4CCN(C(=O)[C@@H]5C[C@@H](O)CN5)C4)c(Cl)c3)n2C)c(F)c1F.O=CO. The van der Waals surface area contributed by atoms with Crippen LogP contribution in [0.2, 0.25) is 5.02 Å². The van der Waals surface area contributed by atoms with Crippen molar-refractivity contribution in [3.8, 4) is 17.0 Å². The van der Waals surface area contributed by atoms with Gasteiger partial charge in [0.1, 0.15) is 0 Å². The van der Waals surface area contributed by atoms with Crippen molar-refractivity contribution in [3.05, 3.63) is 64.6 Å². The molecule has 3 heterocycles. The van der Waals surface area contributed by atoms with E-state index >= 15 is 0 Å². The Morgan fingerprint density at radius 1 is 1.18 bits per heavy atom. The highest BCUT2D eigenvalue weighted by Gasteiger charge is 2.35. The number of carboxylic acid groups (broad SMARTS) is 1. The highest BCUT2D eigenvalue weighted by atomic mass is 35.5. The van der Waals surface area contributed by atoms with Crippen molar-refractivity contribution in [1.82, 2.24) is 25.1 Å². The van der Waals surface area contributed by atoms with Crippen molar-refractivity contribution in [3.63, 3.8) is 0 Å². The number of amides is 3. The van der Waals surface area contributed by atoms with Crippen LogP contribution in [-0.2, 0) is 16.6 Å². The van der Waals surface area contributed by atoms with Crippen molar-refractivity contribution >= 4 is 41.5 Å². The number of aromatic nitrogens is 2. The van der Waals surface area contributed by atoms with Gasteiger partial charge in [0.25, 0.3) is 18.3 Å². The Morgan fingerprint density at radius 3 is 2.56 bits per heavy atom. The summed E-state index contributed by atoms with van der Waals surface area (Å²) in [7, 11) is 2.72. The third-order valence-corrected chi connectivity index (χ3v) is 7.76. The number of β-amino-alcohol motifs (C(OH)–C–C–N with tert-alkyl or cyclic N) is 1. The third-order valence-electron chi connectivity index (χ3n) is 7.45. The second-order valence-electron chi connectivity index (χ2n) is 10.3. The van der Waals surface area contributed by atoms with Gasteiger partial charge in [0.05, 0.1) is 41.7 Å². The predicted molar refractivity (Wildman–Crippen MR) is 158 cm³/mol. The molecular formula is C29H31ClF2N6O7.